The minimum Gasteiger partial charge on any atom is -0.270 e. The van der Waals surface area contributed by atoms with Crippen LogP contribution in [0.25, 0.3) is 10.9 Å². The van der Waals surface area contributed by atoms with Crippen LogP contribution in [0.3, 0.4) is 0 Å². The van der Waals surface area contributed by atoms with Gasteiger partial charge in [0, 0.05) is 6.20 Å². The Labute approximate surface area is 79.5 Å². The second-order valence-corrected chi connectivity index (χ2v) is 3.58. The molecule has 11 heavy (non-hydrogen) atoms. The van der Waals surface area contributed by atoms with Gasteiger partial charge < -0.3 is 0 Å². The highest BCUT2D eigenvalue weighted by Crippen LogP contribution is 2.26. The summed E-state index contributed by atoms with van der Waals surface area (Å²) >= 11 is 6.66. The van der Waals surface area contributed by atoms with E-state index in [9.17, 15) is 0 Å². The van der Waals surface area contributed by atoms with Gasteiger partial charge in [-0.3, -0.25) is 5.10 Å². The number of nitrogens with one attached hydrogen (secondary N) is 1. The lowest BCUT2D eigenvalue weighted by Gasteiger charge is -1.89. The number of rotatable bonds is 0. The summed E-state index contributed by atoms with van der Waals surface area (Å²) in [5, 5.41) is 7.83. The molecule has 5 heteroatoms. The van der Waals surface area contributed by atoms with E-state index in [0.29, 0.717) is 0 Å². The molecule has 0 saturated carbocycles. The highest BCUT2D eigenvalue weighted by Gasteiger charge is 2.05. The molecule has 2 aromatic heterocycles. The smallest absolute Gasteiger partial charge is 0.118 e. The number of H-pyrrole nitrogens is 1. The number of hydrogen-bond acceptors (Lipinski definition) is 2. The standard InChI is InChI=1S/C6H3Br2N3/c7-5-4-3(1-2-9-5)10-11-6(4)8/h1-2H,(H,10,11). The third-order valence-corrected chi connectivity index (χ3v) is 2.55. The molecular weight excluding hydrogens is 274 g/mol. The van der Waals surface area contributed by atoms with Crippen molar-refractivity contribution < 1.29 is 0 Å². The minimum atomic E-state index is 0.802. The summed E-state index contributed by atoms with van der Waals surface area (Å²) in [5.41, 5.74) is 0.902. The second-order valence-electron chi connectivity index (χ2n) is 2.03. The first kappa shape index (κ1) is 7.24. The van der Waals surface area contributed by atoms with E-state index in [1.165, 1.54) is 0 Å². The average Bonchev–Trinajstić information content (AvgIpc) is 2.34. The average molecular weight is 277 g/mol. The van der Waals surface area contributed by atoms with Crippen molar-refractivity contribution in [1.82, 2.24) is 15.2 Å². The summed E-state index contributed by atoms with van der Waals surface area (Å²) in [6.07, 6.45) is 1.71. The number of hydrogen-bond donors (Lipinski definition) is 1. The molecule has 2 heterocycles. The Morgan fingerprint density at radius 1 is 1.36 bits per heavy atom. The highest BCUT2D eigenvalue weighted by atomic mass is 79.9. The topological polar surface area (TPSA) is 41.6 Å². The van der Waals surface area contributed by atoms with E-state index in [1.54, 1.807) is 6.20 Å². The zero-order valence-corrected chi connectivity index (χ0v) is 8.48. The van der Waals surface area contributed by atoms with Crippen LogP contribution in [0.2, 0.25) is 0 Å². The zero-order valence-electron chi connectivity index (χ0n) is 5.31. The molecular formula is C6H3Br2N3. The third kappa shape index (κ3) is 1.08. The summed E-state index contributed by atoms with van der Waals surface area (Å²) in [4.78, 5) is 4.07. The number of halogens is 2. The molecule has 0 spiro atoms. The van der Waals surface area contributed by atoms with E-state index >= 15 is 0 Å². The summed E-state index contributed by atoms with van der Waals surface area (Å²) in [5.74, 6) is 0. The van der Waals surface area contributed by atoms with Crippen LogP contribution >= 0.6 is 31.9 Å². The van der Waals surface area contributed by atoms with Crippen LogP contribution in [0, 0.1) is 0 Å². The normalized spacial score (nSPS) is 10.7. The summed E-state index contributed by atoms with van der Waals surface area (Å²) in [6, 6.07) is 1.85. The van der Waals surface area contributed by atoms with Gasteiger partial charge in [0.1, 0.15) is 9.21 Å². The van der Waals surface area contributed by atoms with Crippen LogP contribution in [-0.4, -0.2) is 15.2 Å². The Balaban J connectivity index is 2.96. The van der Waals surface area contributed by atoms with E-state index in [0.717, 1.165) is 20.1 Å². The Morgan fingerprint density at radius 2 is 2.18 bits per heavy atom. The number of aromatic nitrogens is 3. The quantitative estimate of drug-likeness (QED) is 0.751. The molecule has 0 fully saturated rings. The van der Waals surface area contributed by atoms with Crippen LogP contribution < -0.4 is 0 Å². The first-order valence-electron chi connectivity index (χ1n) is 2.93. The molecule has 0 unspecified atom stereocenters. The molecule has 2 rings (SSSR count). The van der Waals surface area contributed by atoms with E-state index in [-0.39, 0.29) is 0 Å². The lowest BCUT2D eigenvalue weighted by Crippen LogP contribution is -1.74. The fourth-order valence-electron chi connectivity index (χ4n) is 0.888. The van der Waals surface area contributed by atoms with Gasteiger partial charge in [0.05, 0.1) is 10.9 Å². The van der Waals surface area contributed by atoms with Gasteiger partial charge in [0.2, 0.25) is 0 Å². The summed E-state index contributed by atoms with van der Waals surface area (Å²) in [7, 11) is 0. The van der Waals surface area contributed by atoms with Crippen LogP contribution in [0.1, 0.15) is 0 Å². The zero-order chi connectivity index (χ0) is 7.84. The number of aromatic amines is 1. The number of fused-ring (bicyclic) bond motifs is 1. The van der Waals surface area contributed by atoms with Crippen molar-refractivity contribution in [2.75, 3.05) is 0 Å². The molecule has 56 valence electrons. The van der Waals surface area contributed by atoms with Gasteiger partial charge >= 0.3 is 0 Å². The molecule has 0 saturated heterocycles. The fourth-order valence-corrected chi connectivity index (χ4v) is 2.15. The van der Waals surface area contributed by atoms with Crippen molar-refractivity contribution in [1.29, 1.82) is 0 Å². The lowest BCUT2D eigenvalue weighted by atomic mass is 10.3. The van der Waals surface area contributed by atoms with E-state index in [4.69, 9.17) is 0 Å². The van der Waals surface area contributed by atoms with Gasteiger partial charge in [-0.25, -0.2) is 4.98 Å². The van der Waals surface area contributed by atoms with Crippen LogP contribution in [0.15, 0.2) is 21.5 Å². The summed E-state index contributed by atoms with van der Waals surface area (Å²) < 4.78 is 1.66. The van der Waals surface area contributed by atoms with Crippen molar-refractivity contribution >= 4 is 42.8 Å². The maximum absolute atomic E-state index is 4.07. The van der Waals surface area contributed by atoms with Crippen molar-refractivity contribution in [3.05, 3.63) is 21.5 Å². The monoisotopic (exact) mass is 275 g/mol. The summed E-state index contributed by atoms with van der Waals surface area (Å²) in [6.45, 7) is 0. The maximum Gasteiger partial charge on any atom is 0.118 e. The van der Waals surface area contributed by atoms with Gasteiger partial charge in [-0.2, -0.15) is 5.10 Å². The predicted molar refractivity (Wildman–Crippen MR) is 49.3 cm³/mol. The van der Waals surface area contributed by atoms with E-state index in [1.807, 2.05) is 6.07 Å². The van der Waals surface area contributed by atoms with Crippen molar-refractivity contribution in [2.45, 2.75) is 0 Å². The Bertz CT molecular complexity index is 396. The molecule has 0 aliphatic heterocycles. The van der Waals surface area contributed by atoms with Crippen LogP contribution in [0.5, 0.6) is 0 Å². The molecule has 0 bridgehead atoms. The fraction of sp³-hybridized carbons (Fsp3) is 0. The maximum atomic E-state index is 4.07. The van der Waals surface area contributed by atoms with Gasteiger partial charge in [-0.15, -0.1) is 0 Å². The molecule has 0 amide bonds. The van der Waals surface area contributed by atoms with Gasteiger partial charge in [0.25, 0.3) is 0 Å². The van der Waals surface area contributed by atoms with Gasteiger partial charge in [-0.1, -0.05) is 0 Å². The van der Waals surface area contributed by atoms with E-state index in [2.05, 4.69) is 47.0 Å². The Kier molecular flexibility index (Phi) is 1.69. The van der Waals surface area contributed by atoms with Crippen LogP contribution in [0.4, 0.5) is 0 Å². The second kappa shape index (κ2) is 2.57. The van der Waals surface area contributed by atoms with Gasteiger partial charge in [-0.05, 0) is 37.9 Å². The van der Waals surface area contributed by atoms with Crippen LogP contribution in [-0.2, 0) is 0 Å². The molecule has 1 N–H and O–H groups in total. The molecule has 2 aromatic rings. The molecule has 3 nitrogen and oxygen atoms in total. The minimum absolute atomic E-state index is 0.802. The largest absolute Gasteiger partial charge is 0.270 e. The van der Waals surface area contributed by atoms with E-state index < -0.39 is 0 Å². The first-order valence-corrected chi connectivity index (χ1v) is 4.51. The molecule has 0 aliphatic carbocycles. The molecule has 0 aromatic carbocycles. The predicted octanol–water partition coefficient (Wildman–Crippen LogP) is 2.48. The Morgan fingerprint density at radius 3 is 2.91 bits per heavy atom. The third-order valence-electron chi connectivity index (χ3n) is 1.38. The van der Waals surface area contributed by atoms with Crippen molar-refractivity contribution in [3.8, 4) is 0 Å². The molecule has 0 radical (unpaired) electrons. The molecule has 0 atom stereocenters. The number of pyridine rings is 1. The SMILES string of the molecule is Brc1nccc2n[nH]c(Br)c12. The lowest BCUT2D eigenvalue weighted by molar-refractivity contribution is 1.10. The van der Waals surface area contributed by atoms with Gasteiger partial charge in [0.15, 0.2) is 0 Å². The molecule has 0 aliphatic rings. The number of nitrogens with zero attached hydrogens (tertiary/aromatic N) is 2. The first-order chi connectivity index (χ1) is 5.29. The van der Waals surface area contributed by atoms with Crippen molar-refractivity contribution in [3.63, 3.8) is 0 Å². The van der Waals surface area contributed by atoms with Crippen molar-refractivity contribution in [2.24, 2.45) is 0 Å². The Hall–Kier alpha value is -0.420. The highest BCUT2D eigenvalue weighted by molar-refractivity contribution is 9.11.